The second-order valence-corrected chi connectivity index (χ2v) is 5.80. The molecule has 116 valence electrons. The Morgan fingerprint density at radius 2 is 2.23 bits per heavy atom. The number of halogens is 1. The van der Waals surface area contributed by atoms with Gasteiger partial charge in [-0.2, -0.15) is 5.10 Å². The quantitative estimate of drug-likeness (QED) is 0.874. The van der Waals surface area contributed by atoms with Crippen LogP contribution in [0.5, 0.6) is 0 Å². The summed E-state index contributed by atoms with van der Waals surface area (Å²) >= 11 is 0. The maximum Gasteiger partial charge on any atom is 0.223 e. The van der Waals surface area contributed by atoms with Crippen molar-refractivity contribution < 1.29 is 9.18 Å². The molecule has 22 heavy (non-hydrogen) atoms. The molecule has 1 aromatic carbocycles. The van der Waals surface area contributed by atoms with Crippen LogP contribution in [0.25, 0.3) is 0 Å². The summed E-state index contributed by atoms with van der Waals surface area (Å²) in [4.78, 5) is 14.4. The lowest BCUT2D eigenvalue weighted by Crippen LogP contribution is -2.39. The lowest BCUT2D eigenvalue weighted by molar-refractivity contribution is -0.133. The molecule has 2 heterocycles. The number of aryl methyl sites for hydroxylation is 2. The molecule has 1 aliphatic rings. The number of rotatable bonds is 3. The zero-order valence-electron chi connectivity index (χ0n) is 12.9. The highest BCUT2D eigenvalue weighted by Crippen LogP contribution is 2.30. The molecule has 3 rings (SSSR count). The minimum atomic E-state index is -0.241. The molecule has 1 amide bonds. The second-order valence-electron chi connectivity index (χ2n) is 5.80. The predicted octanol–water partition coefficient (Wildman–Crippen LogP) is 2.64. The van der Waals surface area contributed by atoms with Crippen molar-refractivity contribution in [1.82, 2.24) is 14.7 Å². The van der Waals surface area contributed by atoms with Crippen molar-refractivity contribution in [3.8, 4) is 0 Å². The van der Waals surface area contributed by atoms with Crippen LogP contribution in [0.2, 0.25) is 0 Å². The van der Waals surface area contributed by atoms with Gasteiger partial charge in [-0.05, 0) is 49.1 Å². The Morgan fingerprint density at radius 3 is 2.95 bits per heavy atom. The summed E-state index contributed by atoms with van der Waals surface area (Å²) in [6.07, 6.45) is 3.66. The molecule has 0 bridgehead atoms. The van der Waals surface area contributed by atoms with Crippen molar-refractivity contribution in [2.24, 2.45) is 7.05 Å². The number of amides is 1. The molecule has 0 saturated carbocycles. The molecule has 0 unspecified atom stereocenters. The van der Waals surface area contributed by atoms with Crippen LogP contribution in [0.4, 0.5) is 4.39 Å². The fourth-order valence-electron chi connectivity index (χ4n) is 3.15. The Labute approximate surface area is 129 Å². The predicted molar refractivity (Wildman–Crippen MR) is 81.8 cm³/mol. The summed E-state index contributed by atoms with van der Waals surface area (Å²) in [5.74, 6) is -0.126. The second kappa shape index (κ2) is 5.91. The van der Waals surface area contributed by atoms with Gasteiger partial charge in [-0.3, -0.25) is 9.48 Å². The molecule has 2 aromatic rings. The summed E-state index contributed by atoms with van der Waals surface area (Å²) in [6.45, 7) is 2.67. The van der Waals surface area contributed by atoms with Gasteiger partial charge in [0, 0.05) is 31.9 Å². The molecule has 0 N–H and O–H groups in total. The van der Waals surface area contributed by atoms with E-state index in [1.54, 1.807) is 16.9 Å². The van der Waals surface area contributed by atoms with Gasteiger partial charge < -0.3 is 4.90 Å². The van der Waals surface area contributed by atoms with Crippen LogP contribution in [-0.4, -0.2) is 27.1 Å². The van der Waals surface area contributed by atoms with E-state index in [1.807, 2.05) is 31.0 Å². The third-order valence-corrected chi connectivity index (χ3v) is 4.49. The van der Waals surface area contributed by atoms with Gasteiger partial charge in [-0.15, -0.1) is 0 Å². The Morgan fingerprint density at radius 1 is 1.41 bits per heavy atom. The number of fused-ring (bicyclic) bond motifs is 1. The Balaban J connectivity index is 1.70. The zero-order chi connectivity index (χ0) is 15.7. The maximum atomic E-state index is 13.5. The van der Waals surface area contributed by atoms with Crippen LogP contribution in [0.3, 0.4) is 0 Å². The van der Waals surface area contributed by atoms with Crippen molar-refractivity contribution in [2.45, 2.75) is 32.2 Å². The number of hydrogen-bond donors (Lipinski definition) is 0. The number of hydrogen-bond acceptors (Lipinski definition) is 2. The van der Waals surface area contributed by atoms with Crippen LogP contribution >= 0.6 is 0 Å². The largest absolute Gasteiger partial charge is 0.336 e. The summed E-state index contributed by atoms with van der Waals surface area (Å²) in [5, 5.41) is 4.11. The van der Waals surface area contributed by atoms with Gasteiger partial charge in [-0.25, -0.2) is 4.39 Å². The number of benzene rings is 1. The highest BCUT2D eigenvalue weighted by Gasteiger charge is 2.27. The van der Waals surface area contributed by atoms with Crippen LogP contribution in [0.1, 0.15) is 36.2 Å². The van der Waals surface area contributed by atoms with Gasteiger partial charge in [0.15, 0.2) is 0 Å². The van der Waals surface area contributed by atoms with Gasteiger partial charge in [0.2, 0.25) is 5.91 Å². The fourth-order valence-corrected chi connectivity index (χ4v) is 3.15. The third kappa shape index (κ3) is 2.75. The van der Waals surface area contributed by atoms with Crippen molar-refractivity contribution in [2.75, 3.05) is 6.54 Å². The first kappa shape index (κ1) is 14.8. The molecule has 1 atom stereocenters. The first-order chi connectivity index (χ1) is 10.6. The molecular formula is C17H20FN3O. The van der Waals surface area contributed by atoms with Crippen molar-refractivity contribution in [1.29, 1.82) is 0 Å². The highest BCUT2D eigenvalue weighted by molar-refractivity contribution is 5.77. The number of nitrogens with zero attached hydrogens (tertiary/aromatic N) is 3. The van der Waals surface area contributed by atoms with E-state index >= 15 is 0 Å². The molecule has 5 heteroatoms. The smallest absolute Gasteiger partial charge is 0.223 e. The fraction of sp³-hybridized carbons (Fsp3) is 0.412. The van der Waals surface area contributed by atoms with E-state index in [-0.39, 0.29) is 17.8 Å². The molecule has 1 aliphatic heterocycles. The van der Waals surface area contributed by atoms with E-state index < -0.39 is 0 Å². The van der Waals surface area contributed by atoms with Crippen molar-refractivity contribution >= 4 is 5.91 Å². The Bertz CT molecular complexity index is 695. The standard InChI is InChI=1S/C17H20FN3O/c1-12-16-11-14(18)4-3-13(16)8-10-21(12)17(22)6-5-15-7-9-19-20(15)2/h3-4,7,9,11-12H,5-6,8,10H2,1-2H3/t12-/m0/s1. The SMILES string of the molecule is C[C@H]1c2cc(F)ccc2CCN1C(=O)CCc1ccnn1C. The normalized spacial score (nSPS) is 17.4. The monoisotopic (exact) mass is 301 g/mol. The van der Waals surface area contributed by atoms with E-state index in [1.165, 1.54) is 6.07 Å². The number of aromatic nitrogens is 2. The van der Waals surface area contributed by atoms with Crippen LogP contribution in [0.15, 0.2) is 30.5 Å². The highest BCUT2D eigenvalue weighted by atomic mass is 19.1. The van der Waals surface area contributed by atoms with E-state index in [0.29, 0.717) is 19.4 Å². The Kier molecular flexibility index (Phi) is 3.96. The van der Waals surface area contributed by atoms with Crippen LogP contribution in [-0.2, 0) is 24.7 Å². The van der Waals surface area contributed by atoms with Gasteiger partial charge in [0.1, 0.15) is 5.82 Å². The molecule has 0 aliphatic carbocycles. The first-order valence-corrected chi connectivity index (χ1v) is 7.61. The molecule has 4 nitrogen and oxygen atoms in total. The maximum absolute atomic E-state index is 13.5. The van der Waals surface area contributed by atoms with Crippen LogP contribution in [0, 0.1) is 5.82 Å². The van der Waals surface area contributed by atoms with E-state index in [9.17, 15) is 9.18 Å². The topological polar surface area (TPSA) is 38.1 Å². The van der Waals surface area contributed by atoms with Crippen molar-refractivity contribution in [3.05, 3.63) is 53.1 Å². The summed E-state index contributed by atoms with van der Waals surface area (Å²) in [6, 6.07) is 6.74. The minimum absolute atomic E-state index is 0.0708. The zero-order valence-corrected chi connectivity index (χ0v) is 12.9. The molecule has 0 fully saturated rings. The van der Waals surface area contributed by atoms with Crippen LogP contribution < -0.4 is 0 Å². The minimum Gasteiger partial charge on any atom is -0.336 e. The summed E-state index contributed by atoms with van der Waals surface area (Å²) in [7, 11) is 1.88. The number of carbonyl (C=O) groups is 1. The summed E-state index contributed by atoms with van der Waals surface area (Å²) in [5.41, 5.74) is 3.12. The average Bonchev–Trinajstić information content (AvgIpc) is 2.91. The molecule has 0 saturated heterocycles. The van der Waals surface area contributed by atoms with E-state index in [0.717, 1.165) is 23.2 Å². The third-order valence-electron chi connectivity index (χ3n) is 4.49. The van der Waals surface area contributed by atoms with Gasteiger partial charge in [-0.1, -0.05) is 6.07 Å². The molecule has 1 aromatic heterocycles. The molecule has 0 spiro atoms. The van der Waals surface area contributed by atoms with Crippen molar-refractivity contribution in [3.63, 3.8) is 0 Å². The lowest BCUT2D eigenvalue weighted by atomic mass is 9.93. The van der Waals surface area contributed by atoms with Gasteiger partial charge >= 0.3 is 0 Å². The average molecular weight is 301 g/mol. The molecule has 0 radical (unpaired) electrons. The van der Waals surface area contributed by atoms with E-state index in [4.69, 9.17) is 0 Å². The summed E-state index contributed by atoms with van der Waals surface area (Å²) < 4.78 is 15.3. The van der Waals surface area contributed by atoms with Gasteiger partial charge in [0.05, 0.1) is 6.04 Å². The number of carbonyl (C=O) groups excluding carboxylic acids is 1. The first-order valence-electron chi connectivity index (χ1n) is 7.61. The van der Waals surface area contributed by atoms with E-state index in [2.05, 4.69) is 5.10 Å². The lowest BCUT2D eigenvalue weighted by Gasteiger charge is -2.35. The molecular weight excluding hydrogens is 281 g/mol. The Hall–Kier alpha value is -2.17. The van der Waals surface area contributed by atoms with Gasteiger partial charge in [0.25, 0.3) is 0 Å².